The van der Waals surface area contributed by atoms with Gasteiger partial charge in [-0.15, -0.1) is 0 Å². The normalized spacial score (nSPS) is 10.8. The number of pyridine rings is 1. The highest BCUT2D eigenvalue weighted by Crippen LogP contribution is 2.34. The van der Waals surface area contributed by atoms with Crippen molar-refractivity contribution in [3.8, 4) is 29.1 Å². The third-order valence-electron chi connectivity index (χ3n) is 4.67. The molecule has 0 saturated carbocycles. The molecule has 3 aromatic heterocycles. The van der Waals surface area contributed by atoms with Crippen LogP contribution >= 0.6 is 23.2 Å². The summed E-state index contributed by atoms with van der Waals surface area (Å²) >= 11 is 12.3. The zero-order valence-electron chi connectivity index (χ0n) is 16.8. The average molecular weight is 478 g/mol. The van der Waals surface area contributed by atoms with Crippen LogP contribution in [0.4, 0.5) is 0 Å². The van der Waals surface area contributed by atoms with Gasteiger partial charge in [-0.3, -0.25) is 4.57 Å². The zero-order chi connectivity index (χ0) is 22.8. The van der Waals surface area contributed by atoms with Crippen molar-refractivity contribution in [2.75, 3.05) is 0 Å². The Morgan fingerprint density at radius 1 is 1.06 bits per heavy atom. The topological polar surface area (TPSA) is 99.0 Å². The molecule has 0 aliphatic rings. The molecule has 0 bridgehead atoms. The van der Waals surface area contributed by atoms with E-state index in [1.807, 2.05) is 18.2 Å². The predicted molar refractivity (Wildman–Crippen MR) is 121 cm³/mol. The van der Waals surface area contributed by atoms with Gasteiger partial charge < -0.3 is 14.0 Å². The molecule has 0 atom stereocenters. The highest BCUT2D eigenvalue weighted by molar-refractivity contribution is 6.32. The Morgan fingerprint density at radius 3 is 2.79 bits per heavy atom. The quantitative estimate of drug-likeness (QED) is 0.297. The van der Waals surface area contributed by atoms with E-state index in [9.17, 15) is 0 Å². The molecule has 0 saturated heterocycles. The van der Waals surface area contributed by atoms with Gasteiger partial charge >= 0.3 is 0 Å². The van der Waals surface area contributed by atoms with E-state index >= 15 is 0 Å². The molecule has 2 aromatic carbocycles. The molecule has 0 spiro atoms. The molecule has 0 fully saturated rings. The van der Waals surface area contributed by atoms with E-state index in [0.29, 0.717) is 50.1 Å². The largest absolute Gasteiger partial charge is 0.487 e. The van der Waals surface area contributed by atoms with Crippen molar-refractivity contribution in [2.45, 2.75) is 6.61 Å². The second-order valence-corrected chi connectivity index (χ2v) is 7.74. The minimum atomic E-state index is 0.149. The Balaban J connectivity index is 1.34. The summed E-state index contributed by atoms with van der Waals surface area (Å²) < 4.78 is 18.9. The van der Waals surface area contributed by atoms with E-state index in [1.165, 1.54) is 0 Å². The van der Waals surface area contributed by atoms with E-state index in [-0.39, 0.29) is 6.61 Å². The molecule has 3 heterocycles. The molecule has 0 aliphatic carbocycles. The van der Waals surface area contributed by atoms with E-state index in [4.69, 9.17) is 42.5 Å². The second-order valence-electron chi connectivity index (χ2n) is 6.89. The van der Waals surface area contributed by atoms with E-state index < -0.39 is 0 Å². The van der Waals surface area contributed by atoms with Crippen LogP contribution in [0.5, 0.6) is 17.2 Å². The maximum Gasteiger partial charge on any atom is 0.260 e. The van der Waals surface area contributed by atoms with Gasteiger partial charge in [0, 0.05) is 23.5 Å². The maximum atomic E-state index is 9.12. The molecular weight excluding hydrogens is 465 g/mol. The number of imidazole rings is 1. The molecule has 33 heavy (non-hydrogen) atoms. The summed E-state index contributed by atoms with van der Waals surface area (Å²) in [5.74, 6) is 1.93. The highest BCUT2D eigenvalue weighted by atomic mass is 35.5. The van der Waals surface area contributed by atoms with E-state index in [1.54, 1.807) is 59.7 Å². The number of hydrogen-bond acceptors (Lipinski definition) is 7. The van der Waals surface area contributed by atoms with Crippen molar-refractivity contribution in [1.29, 1.82) is 5.26 Å². The first kappa shape index (κ1) is 20.8. The standard InChI is InChI=1S/C23H13Cl2N5O3/c24-15-7-14(11-26)8-17(9-15)32-21-10-16(1-3-19(21)25)31-12-20-18-2-4-22(28-23(18)33-29-20)30-6-5-27-13-30/h1-10,13H,12H2. The van der Waals surface area contributed by atoms with Crippen LogP contribution in [-0.2, 0) is 6.61 Å². The molecule has 0 aliphatic heterocycles. The van der Waals surface area contributed by atoms with Crippen molar-refractivity contribution in [3.63, 3.8) is 0 Å². The van der Waals surface area contributed by atoms with Crippen LogP contribution in [0.2, 0.25) is 10.0 Å². The summed E-state index contributed by atoms with van der Waals surface area (Å²) in [6, 6.07) is 15.5. The lowest BCUT2D eigenvalue weighted by Gasteiger charge is -2.11. The van der Waals surface area contributed by atoms with Gasteiger partial charge in [-0.2, -0.15) is 10.2 Å². The van der Waals surface area contributed by atoms with Crippen LogP contribution in [0.15, 0.2) is 71.8 Å². The molecular formula is C23H13Cl2N5O3. The summed E-state index contributed by atoms with van der Waals surface area (Å²) in [5, 5.41) is 14.7. The number of ether oxygens (including phenoxy) is 2. The molecule has 5 aromatic rings. The molecule has 162 valence electrons. The predicted octanol–water partition coefficient (Wildman–Crippen LogP) is 5.96. The van der Waals surface area contributed by atoms with Crippen LogP contribution in [0.25, 0.3) is 16.9 Å². The second kappa shape index (κ2) is 8.82. The minimum absolute atomic E-state index is 0.149. The van der Waals surface area contributed by atoms with Crippen LogP contribution < -0.4 is 9.47 Å². The molecule has 5 rings (SSSR count). The zero-order valence-corrected chi connectivity index (χ0v) is 18.3. The molecule has 10 heteroatoms. The molecule has 8 nitrogen and oxygen atoms in total. The molecule has 0 unspecified atom stereocenters. The van der Waals surface area contributed by atoms with E-state index in [2.05, 4.69) is 15.1 Å². The highest BCUT2D eigenvalue weighted by Gasteiger charge is 2.13. The monoisotopic (exact) mass is 477 g/mol. The summed E-state index contributed by atoms with van der Waals surface area (Å²) in [7, 11) is 0. The van der Waals surface area contributed by atoms with E-state index in [0.717, 1.165) is 5.39 Å². The number of aromatic nitrogens is 4. The van der Waals surface area contributed by atoms with Gasteiger partial charge in [0.2, 0.25) is 0 Å². The van der Waals surface area contributed by atoms with Crippen LogP contribution in [-0.4, -0.2) is 19.7 Å². The fourth-order valence-corrected chi connectivity index (χ4v) is 3.51. The summed E-state index contributed by atoms with van der Waals surface area (Å²) in [6.45, 7) is 0.149. The van der Waals surface area contributed by atoms with Crippen molar-refractivity contribution >= 4 is 34.3 Å². The SMILES string of the molecule is N#Cc1cc(Cl)cc(Oc2cc(OCc3noc4nc(-n5ccnc5)ccc34)ccc2Cl)c1. The number of halogens is 2. The summed E-state index contributed by atoms with van der Waals surface area (Å²) in [4.78, 5) is 8.47. The molecule has 0 N–H and O–H groups in total. The summed E-state index contributed by atoms with van der Waals surface area (Å²) in [6.07, 6.45) is 5.11. The van der Waals surface area contributed by atoms with Gasteiger partial charge in [0.1, 0.15) is 41.7 Å². The minimum Gasteiger partial charge on any atom is -0.487 e. The van der Waals surface area contributed by atoms with Crippen LogP contribution in [0.3, 0.4) is 0 Å². The average Bonchev–Trinajstić information content (AvgIpc) is 3.49. The number of fused-ring (bicyclic) bond motifs is 1. The Labute approximate surface area is 197 Å². The molecule has 0 amide bonds. The van der Waals surface area contributed by atoms with Crippen LogP contribution in [0, 0.1) is 11.3 Å². The Hall–Kier alpha value is -4.06. The number of hydrogen-bond donors (Lipinski definition) is 0. The van der Waals surface area contributed by atoms with Gasteiger partial charge in [-0.05, 0) is 42.5 Å². The van der Waals surface area contributed by atoms with Gasteiger partial charge in [0.25, 0.3) is 5.71 Å². The fraction of sp³-hybridized carbons (Fsp3) is 0.0435. The Kier molecular flexibility index (Phi) is 5.57. The van der Waals surface area contributed by atoms with Crippen molar-refractivity contribution in [1.82, 2.24) is 19.7 Å². The first-order chi connectivity index (χ1) is 16.1. The van der Waals surface area contributed by atoms with Crippen molar-refractivity contribution in [2.24, 2.45) is 0 Å². The first-order valence-corrected chi connectivity index (χ1v) is 10.4. The lowest BCUT2D eigenvalue weighted by molar-refractivity contribution is 0.290. The lowest BCUT2D eigenvalue weighted by Crippen LogP contribution is -1.97. The Morgan fingerprint density at radius 2 is 1.97 bits per heavy atom. The fourth-order valence-electron chi connectivity index (χ4n) is 3.13. The third kappa shape index (κ3) is 4.46. The Bertz CT molecular complexity index is 1490. The molecule has 0 radical (unpaired) electrons. The number of rotatable bonds is 6. The number of nitrogens with zero attached hydrogens (tertiary/aromatic N) is 5. The number of nitriles is 1. The third-order valence-corrected chi connectivity index (χ3v) is 5.20. The van der Waals surface area contributed by atoms with Gasteiger partial charge in [0.05, 0.1) is 22.0 Å². The summed E-state index contributed by atoms with van der Waals surface area (Å²) in [5.41, 5.74) is 1.37. The smallest absolute Gasteiger partial charge is 0.260 e. The van der Waals surface area contributed by atoms with Crippen molar-refractivity contribution < 1.29 is 14.0 Å². The van der Waals surface area contributed by atoms with Gasteiger partial charge in [-0.25, -0.2) is 4.98 Å². The van der Waals surface area contributed by atoms with Gasteiger partial charge in [0.15, 0.2) is 0 Å². The number of benzene rings is 2. The van der Waals surface area contributed by atoms with Crippen LogP contribution in [0.1, 0.15) is 11.3 Å². The van der Waals surface area contributed by atoms with Crippen molar-refractivity contribution in [3.05, 3.63) is 88.6 Å². The first-order valence-electron chi connectivity index (χ1n) is 9.63. The maximum absolute atomic E-state index is 9.12. The van der Waals surface area contributed by atoms with Gasteiger partial charge in [-0.1, -0.05) is 28.4 Å². The lowest BCUT2D eigenvalue weighted by atomic mass is 10.2.